The van der Waals surface area contributed by atoms with Gasteiger partial charge in [0, 0.05) is 5.56 Å². The fourth-order valence-corrected chi connectivity index (χ4v) is 3.18. The Bertz CT molecular complexity index is 837. The number of thioether (sulfide) groups is 1. The molecule has 0 spiro atoms. The Morgan fingerprint density at radius 2 is 2.09 bits per heavy atom. The predicted molar refractivity (Wildman–Crippen MR) is 85.4 cm³/mol. The van der Waals surface area contributed by atoms with Crippen molar-refractivity contribution in [2.45, 2.75) is 24.4 Å². The Labute approximate surface area is 132 Å². The molecule has 5 nitrogen and oxygen atoms in total. The fourth-order valence-electron chi connectivity index (χ4n) is 2.80. The maximum Gasteiger partial charge on any atom is 0.270 e. The van der Waals surface area contributed by atoms with Gasteiger partial charge in [-0.15, -0.1) is 0 Å². The van der Waals surface area contributed by atoms with E-state index in [-0.39, 0.29) is 5.56 Å². The zero-order valence-corrected chi connectivity index (χ0v) is 13.2. The first kappa shape index (κ1) is 14.7. The van der Waals surface area contributed by atoms with E-state index in [1.807, 2.05) is 24.5 Å². The third-order valence-corrected chi connectivity index (χ3v) is 4.45. The van der Waals surface area contributed by atoms with Crippen LogP contribution in [-0.4, -0.2) is 23.3 Å². The van der Waals surface area contributed by atoms with E-state index in [0.717, 1.165) is 19.3 Å². The molecule has 0 radical (unpaired) electrons. The molecule has 3 rings (SSSR count). The number of aromatic amines is 1. The Hall–Kier alpha value is -2.26. The number of benzene rings is 1. The molecule has 1 heterocycles. The molecule has 0 aliphatic heterocycles. The van der Waals surface area contributed by atoms with Crippen LogP contribution in [0.4, 0.5) is 0 Å². The van der Waals surface area contributed by atoms with Crippen LogP contribution in [0.25, 0.3) is 11.3 Å². The number of nitriles is 1. The molecule has 0 amide bonds. The summed E-state index contributed by atoms with van der Waals surface area (Å²) < 4.78 is 5.47. The number of aromatic nitrogens is 2. The van der Waals surface area contributed by atoms with E-state index in [0.29, 0.717) is 22.2 Å². The molecule has 0 fully saturated rings. The highest BCUT2D eigenvalue weighted by Gasteiger charge is 2.21. The normalized spacial score (nSPS) is 12.8. The molecule has 0 atom stereocenters. The summed E-state index contributed by atoms with van der Waals surface area (Å²) >= 11 is 1.33. The first-order valence-electron chi connectivity index (χ1n) is 6.96. The second-order valence-corrected chi connectivity index (χ2v) is 5.88. The Morgan fingerprint density at radius 1 is 1.36 bits per heavy atom. The van der Waals surface area contributed by atoms with Crippen molar-refractivity contribution in [3.8, 4) is 23.1 Å². The van der Waals surface area contributed by atoms with Gasteiger partial charge in [0.2, 0.25) is 0 Å². The number of rotatable bonds is 3. The Kier molecular flexibility index (Phi) is 3.90. The van der Waals surface area contributed by atoms with Crippen molar-refractivity contribution >= 4 is 11.8 Å². The first-order chi connectivity index (χ1) is 10.7. The molecule has 1 aromatic carbocycles. The monoisotopic (exact) mass is 313 g/mol. The molecule has 0 unspecified atom stereocenters. The highest BCUT2D eigenvalue weighted by Crippen LogP contribution is 2.36. The maximum atomic E-state index is 12.1. The molecule has 2 aromatic rings. The minimum atomic E-state index is -0.417. The second kappa shape index (κ2) is 5.85. The van der Waals surface area contributed by atoms with Crippen LogP contribution < -0.4 is 10.3 Å². The first-order valence-corrected chi connectivity index (χ1v) is 8.19. The largest absolute Gasteiger partial charge is 0.496 e. The van der Waals surface area contributed by atoms with Gasteiger partial charge in [-0.1, -0.05) is 11.8 Å². The minimum Gasteiger partial charge on any atom is -0.496 e. The van der Waals surface area contributed by atoms with Gasteiger partial charge in [0.25, 0.3) is 5.56 Å². The minimum absolute atomic E-state index is 0.0223. The van der Waals surface area contributed by atoms with Crippen LogP contribution in [0.1, 0.15) is 23.1 Å². The van der Waals surface area contributed by atoms with Crippen LogP contribution in [-0.2, 0) is 12.8 Å². The van der Waals surface area contributed by atoms with Crippen LogP contribution in [0, 0.1) is 11.3 Å². The van der Waals surface area contributed by atoms with Gasteiger partial charge in [-0.05, 0) is 48.8 Å². The number of fused-ring (bicyclic) bond motifs is 1. The Balaban J connectivity index is 2.30. The number of ether oxygens (including phenoxy) is 1. The quantitative estimate of drug-likeness (QED) is 0.696. The van der Waals surface area contributed by atoms with Crippen molar-refractivity contribution in [1.29, 1.82) is 5.26 Å². The van der Waals surface area contributed by atoms with Crippen LogP contribution in [0.3, 0.4) is 0 Å². The molecule has 1 aliphatic rings. The smallest absolute Gasteiger partial charge is 0.270 e. The van der Waals surface area contributed by atoms with Gasteiger partial charge in [0.15, 0.2) is 5.16 Å². The lowest BCUT2D eigenvalue weighted by atomic mass is 10.0. The van der Waals surface area contributed by atoms with Crippen molar-refractivity contribution in [3.63, 3.8) is 0 Å². The zero-order chi connectivity index (χ0) is 15.7. The molecule has 6 heteroatoms. The van der Waals surface area contributed by atoms with Crippen molar-refractivity contribution in [3.05, 3.63) is 39.2 Å². The van der Waals surface area contributed by atoms with Gasteiger partial charge in [-0.25, -0.2) is 4.98 Å². The van der Waals surface area contributed by atoms with E-state index in [1.54, 1.807) is 7.11 Å². The highest BCUT2D eigenvalue weighted by molar-refractivity contribution is 7.98. The number of H-pyrrole nitrogens is 1. The highest BCUT2D eigenvalue weighted by atomic mass is 32.2. The third kappa shape index (κ3) is 2.38. The number of nitrogens with zero attached hydrogens (tertiary/aromatic N) is 2. The molecule has 0 saturated heterocycles. The summed E-state index contributed by atoms with van der Waals surface area (Å²) in [5, 5.41) is 9.81. The summed E-state index contributed by atoms with van der Waals surface area (Å²) in [5.41, 5.74) is 3.22. The average Bonchev–Trinajstić information content (AvgIpc) is 2.99. The number of hydrogen-bond acceptors (Lipinski definition) is 5. The van der Waals surface area contributed by atoms with Crippen LogP contribution in [0.2, 0.25) is 0 Å². The predicted octanol–water partition coefficient (Wildman–Crippen LogP) is 2.53. The van der Waals surface area contributed by atoms with E-state index in [4.69, 9.17) is 4.74 Å². The van der Waals surface area contributed by atoms with Gasteiger partial charge in [-0.2, -0.15) is 5.26 Å². The van der Waals surface area contributed by atoms with Crippen LogP contribution in [0.15, 0.2) is 22.1 Å². The fraction of sp³-hybridized carbons (Fsp3) is 0.312. The summed E-state index contributed by atoms with van der Waals surface area (Å²) in [7, 11) is 1.59. The topological polar surface area (TPSA) is 78.8 Å². The van der Waals surface area contributed by atoms with Gasteiger partial charge in [-0.3, -0.25) is 4.79 Å². The van der Waals surface area contributed by atoms with Crippen molar-refractivity contribution in [2.75, 3.05) is 13.4 Å². The van der Waals surface area contributed by atoms with Crippen molar-refractivity contribution < 1.29 is 4.74 Å². The van der Waals surface area contributed by atoms with E-state index >= 15 is 0 Å². The third-order valence-electron chi connectivity index (χ3n) is 3.87. The summed E-state index contributed by atoms with van der Waals surface area (Å²) in [6, 6.07) is 5.97. The van der Waals surface area contributed by atoms with Gasteiger partial charge < -0.3 is 9.72 Å². The molecule has 112 valence electrons. The van der Waals surface area contributed by atoms with Crippen LogP contribution >= 0.6 is 11.8 Å². The average molecular weight is 313 g/mol. The van der Waals surface area contributed by atoms with E-state index < -0.39 is 5.56 Å². The molecule has 0 bridgehead atoms. The Morgan fingerprint density at radius 3 is 2.73 bits per heavy atom. The molecular weight excluding hydrogens is 298 g/mol. The summed E-state index contributed by atoms with van der Waals surface area (Å²) in [4.78, 5) is 19.1. The number of methoxy groups -OCH3 is 1. The lowest BCUT2D eigenvalue weighted by molar-refractivity contribution is 0.415. The molecule has 1 N–H and O–H groups in total. The molecule has 1 aliphatic carbocycles. The lowest BCUT2D eigenvalue weighted by Crippen LogP contribution is -2.15. The van der Waals surface area contributed by atoms with Gasteiger partial charge in [0.1, 0.15) is 23.1 Å². The molecule has 22 heavy (non-hydrogen) atoms. The molecule has 0 saturated carbocycles. The SMILES string of the molecule is COc1cc2c(cc1-c1nc(SC)[nH]c(=O)c1C#N)CCC2. The van der Waals surface area contributed by atoms with Crippen molar-refractivity contribution in [1.82, 2.24) is 9.97 Å². The molecule has 1 aromatic heterocycles. The number of nitrogens with one attached hydrogen (secondary N) is 1. The van der Waals surface area contributed by atoms with Gasteiger partial charge >= 0.3 is 0 Å². The number of hydrogen-bond donors (Lipinski definition) is 1. The van der Waals surface area contributed by atoms with Gasteiger partial charge in [0.05, 0.1) is 7.11 Å². The maximum absolute atomic E-state index is 12.1. The second-order valence-electron chi connectivity index (χ2n) is 5.09. The zero-order valence-electron chi connectivity index (χ0n) is 12.4. The van der Waals surface area contributed by atoms with E-state index in [2.05, 4.69) is 9.97 Å². The summed E-state index contributed by atoms with van der Waals surface area (Å²) in [6.45, 7) is 0. The molecular formula is C16H15N3O2S. The van der Waals surface area contributed by atoms with E-state index in [9.17, 15) is 10.1 Å². The lowest BCUT2D eigenvalue weighted by Gasteiger charge is -2.12. The number of aryl methyl sites for hydroxylation is 2. The van der Waals surface area contributed by atoms with Crippen LogP contribution in [0.5, 0.6) is 5.75 Å². The summed E-state index contributed by atoms with van der Waals surface area (Å²) in [5.74, 6) is 0.655. The summed E-state index contributed by atoms with van der Waals surface area (Å²) in [6.07, 6.45) is 4.99. The van der Waals surface area contributed by atoms with Crippen molar-refractivity contribution in [2.24, 2.45) is 0 Å². The van der Waals surface area contributed by atoms with E-state index in [1.165, 1.54) is 22.9 Å². The standard InChI is InChI=1S/C16H15N3O2S/c1-21-13-7-10-5-3-4-9(10)6-11(13)14-12(8-17)15(20)19-16(18-14)22-2/h6-7H,3-5H2,1-2H3,(H,18,19,20).